The molecule has 5 rings (SSSR count). The zero-order chi connectivity index (χ0) is 22.1. The Bertz CT molecular complexity index is 1270. The number of amides is 1. The molecule has 0 radical (unpaired) electrons. The van der Waals surface area contributed by atoms with Gasteiger partial charge in [-0.2, -0.15) is 0 Å². The highest BCUT2D eigenvalue weighted by Gasteiger charge is 2.22. The van der Waals surface area contributed by atoms with Crippen LogP contribution in [0.2, 0.25) is 0 Å². The molecule has 0 aliphatic carbocycles. The number of hydrogen-bond donors (Lipinski definition) is 1. The maximum absolute atomic E-state index is 12.0. The van der Waals surface area contributed by atoms with Crippen LogP contribution < -0.4 is 10.2 Å². The van der Waals surface area contributed by atoms with Crippen LogP contribution in [0.5, 0.6) is 0 Å². The molecule has 1 saturated heterocycles. The van der Waals surface area contributed by atoms with Crippen molar-refractivity contribution in [2.45, 2.75) is 0 Å². The Hall–Kier alpha value is -3.21. The summed E-state index contributed by atoms with van der Waals surface area (Å²) in [5, 5.41) is 2.90. The summed E-state index contributed by atoms with van der Waals surface area (Å²) in [4.78, 5) is 35.7. The van der Waals surface area contributed by atoms with Crippen molar-refractivity contribution in [3.63, 3.8) is 0 Å². The lowest BCUT2D eigenvalue weighted by Gasteiger charge is -2.28. The summed E-state index contributed by atoms with van der Waals surface area (Å²) in [5.74, 6) is 1.45. The molecule has 1 aliphatic heterocycles. The highest BCUT2D eigenvalue weighted by molar-refractivity contribution is 7.25. The number of aromatic nitrogens is 4. The van der Waals surface area contributed by atoms with Gasteiger partial charge in [-0.25, -0.2) is 19.9 Å². The third kappa shape index (κ3) is 4.12. The molecule has 32 heavy (non-hydrogen) atoms. The number of thiophene rings is 1. The van der Waals surface area contributed by atoms with Crippen molar-refractivity contribution < 1.29 is 9.53 Å². The Morgan fingerprint density at radius 1 is 1.09 bits per heavy atom. The maximum atomic E-state index is 12.0. The molecule has 9 nitrogen and oxygen atoms in total. The van der Waals surface area contributed by atoms with Gasteiger partial charge in [0.15, 0.2) is 11.6 Å². The van der Waals surface area contributed by atoms with E-state index in [2.05, 4.69) is 20.2 Å². The predicted octanol–water partition coefficient (Wildman–Crippen LogP) is 2.64. The molecule has 4 aromatic rings. The van der Waals surface area contributed by atoms with Crippen LogP contribution in [0.25, 0.3) is 32.0 Å². The van der Waals surface area contributed by atoms with Crippen LogP contribution in [-0.2, 0) is 9.53 Å². The third-order valence-corrected chi connectivity index (χ3v) is 6.20. The molecule has 0 unspecified atom stereocenters. The maximum Gasteiger partial charge on any atom is 0.238 e. The summed E-state index contributed by atoms with van der Waals surface area (Å²) < 4.78 is 6.52. The van der Waals surface area contributed by atoms with E-state index >= 15 is 0 Å². The first-order valence-corrected chi connectivity index (χ1v) is 11.2. The van der Waals surface area contributed by atoms with E-state index in [4.69, 9.17) is 14.7 Å². The number of benzene rings is 1. The third-order valence-electron chi connectivity index (χ3n) is 5.13. The minimum Gasteiger partial charge on any atom is -0.378 e. The van der Waals surface area contributed by atoms with Crippen LogP contribution in [-0.4, -0.2) is 77.7 Å². The second-order valence-electron chi connectivity index (χ2n) is 7.82. The van der Waals surface area contributed by atoms with Gasteiger partial charge in [0.05, 0.1) is 24.5 Å². The molecule has 164 valence electrons. The largest absolute Gasteiger partial charge is 0.378 e. The van der Waals surface area contributed by atoms with Gasteiger partial charge in [0.1, 0.15) is 15.9 Å². The van der Waals surface area contributed by atoms with Gasteiger partial charge in [-0.05, 0) is 38.4 Å². The van der Waals surface area contributed by atoms with Crippen LogP contribution in [0.3, 0.4) is 0 Å². The SMILES string of the molecule is CN(C)CC(=O)Nc1ccc(-c2nc(N3CCOCC3)c3sc4nccnc4c3n2)cc1. The standard InChI is InChI=1S/C22H23N7O2S/c1-28(2)13-16(30)25-15-5-3-14(4-6-15)20-26-17-18-22(24-8-7-23-18)32-19(17)21(27-20)29-9-11-31-12-10-29/h3-8H,9-13H2,1-2H3,(H,25,30). The van der Waals surface area contributed by atoms with E-state index < -0.39 is 0 Å². The number of rotatable bonds is 5. The van der Waals surface area contributed by atoms with Gasteiger partial charge in [0.25, 0.3) is 0 Å². The second kappa shape index (κ2) is 8.73. The Kier molecular flexibility index (Phi) is 5.64. The van der Waals surface area contributed by atoms with Crippen molar-refractivity contribution in [1.29, 1.82) is 0 Å². The molecule has 4 heterocycles. The molecule has 3 aromatic heterocycles. The van der Waals surface area contributed by atoms with Crippen molar-refractivity contribution in [1.82, 2.24) is 24.8 Å². The van der Waals surface area contributed by atoms with E-state index in [0.29, 0.717) is 25.6 Å². The highest BCUT2D eigenvalue weighted by Crippen LogP contribution is 2.37. The Morgan fingerprint density at radius 2 is 1.84 bits per heavy atom. The normalized spacial score (nSPS) is 14.4. The number of ether oxygens (including phenoxy) is 1. The monoisotopic (exact) mass is 449 g/mol. The quantitative estimate of drug-likeness (QED) is 0.497. The molecule has 1 amide bonds. The Balaban J connectivity index is 1.55. The van der Waals surface area contributed by atoms with Crippen molar-refractivity contribution >= 4 is 49.3 Å². The molecule has 1 fully saturated rings. The van der Waals surface area contributed by atoms with Gasteiger partial charge in [-0.15, -0.1) is 11.3 Å². The van der Waals surface area contributed by atoms with Crippen LogP contribution in [0.15, 0.2) is 36.7 Å². The van der Waals surface area contributed by atoms with Crippen molar-refractivity contribution in [2.24, 2.45) is 0 Å². The van der Waals surface area contributed by atoms with Crippen LogP contribution in [0.1, 0.15) is 0 Å². The summed E-state index contributed by atoms with van der Waals surface area (Å²) in [6.07, 6.45) is 3.39. The van der Waals surface area contributed by atoms with Crippen LogP contribution >= 0.6 is 11.3 Å². The summed E-state index contributed by atoms with van der Waals surface area (Å²) in [5.41, 5.74) is 3.21. The highest BCUT2D eigenvalue weighted by atomic mass is 32.1. The van der Waals surface area contributed by atoms with E-state index in [1.807, 2.05) is 43.3 Å². The summed E-state index contributed by atoms with van der Waals surface area (Å²) in [7, 11) is 3.72. The molecular weight excluding hydrogens is 426 g/mol. The van der Waals surface area contributed by atoms with Gasteiger partial charge in [-0.1, -0.05) is 0 Å². The van der Waals surface area contributed by atoms with Crippen LogP contribution in [0.4, 0.5) is 11.5 Å². The average Bonchev–Trinajstić information content (AvgIpc) is 3.18. The fourth-order valence-electron chi connectivity index (χ4n) is 3.66. The first-order valence-electron chi connectivity index (χ1n) is 10.4. The number of morpholine rings is 1. The van der Waals surface area contributed by atoms with Crippen molar-refractivity contribution in [3.8, 4) is 11.4 Å². The molecule has 0 spiro atoms. The number of likely N-dealkylation sites (N-methyl/N-ethyl adjacent to an activating group) is 1. The van der Waals surface area contributed by atoms with E-state index in [1.165, 1.54) is 0 Å². The molecule has 1 aliphatic rings. The molecule has 0 atom stereocenters. The number of anilines is 2. The second-order valence-corrected chi connectivity index (χ2v) is 8.82. The van der Waals surface area contributed by atoms with Gasteiger partial charge in [-0.3, -0.25) is 4.79 Å². The van der Waals surface area contributed by atoms with Crippen molar-refractivity contribution in [2.75, 3.05) is 57.2 Å². The first kappa shape index (κ1) is 20.7. The average molecular weight is 450 g/mol. The molecule has 0 bridgehead atoms. The molecule has 0 saturated carbocycles. The van der Waals surface area contributed by atoms with E-state index in [0.717, 1.165) is 50.7 Å². The van der Waals surface area contributed by atoms with E-state index in [1.54, 1.807) is 23.7 Å². The van der Waals surface area contributed by atoms with Gasteiger partial charge in [0.2, 0.25) is 5.91 Å². The zero-order valence-electron chi connectivity index (χ0n) is 17.9. The van der Waals surface area contributed by atoms with Crippen LogP contribution in [0, 0.1) is 0 Å². The Morgan fingerprint density at radius 3 is 2.59 bits per heavy atom. The first-order chi connectivity index (χ1) is 15.6. The number of fused-ring (bicyclic) bond motifs is 3. The van der Waals surface area contributed by atoms with Gasteiger partial charge >= 0.3 is 0 Å². The molecule has 1 aromatic carbocycles. The zero-order valence-corrected chi connectivity index (χ0v) is 18.7. The summed E-state index contributed by atoms with van der Waals surface area (Å²) in [6, 6.07) is 7.60. The minimum atomic E-state index is -0.0571. The minimum absolute atomic E-state index is 0.0571. The lowest BCUT2D eigenvalue weighted by molar-refractivity contribution is -0.116. The lowest BCUT2D eigenvalue weighted by Crippen LogP contribution is -2.36. The van der Waals surface area contributed by atoms with E-state index in [9.17, 15) is 4.79 Å². The number of carbonyl (C=O) groups excluding carboxylic acids is 1. The van der Waals surface area contributed by atoms with Crippen molar-refractivity contribution in [3.05, 3.63) is 36.7 Å². The predicted molar refractivity (Wildman–Crippen MR) is 126 cm³/mol. The summed E-state index contributed by atoms with van der Waals surface area (Å²) in [6.45, 7) is 3.22. The lowest BCUT2D eigenvalue weighted by atomic mass is 10.2. The Labute approximate surface area is 189 Å². The molecular formula is C22H23N7O2S. The topological polar surface area (TPSA) is 96.4 Å². The number of hydrogen-bond acceptors (Lipinski definition) is 9. The fourth-order valence-corrected chi connectivity index (χ4v) is 4.72. The fraction of sp³-hybridized carbons (Fsp3) is 0.318. The number of carbonyl (C=O) groups is 1. The van der Waals surface area contributed by atoms with Gasteiger partial charge < -0.3 is 19.9 Å². The van der Waals surface area contributed by atoms with E-state index in [-0.39, 0.29) is 5.91 Å². The van der Waals surface area contributed by atoms with Gasteiger partial charge in [0, 0.05) is 36.7 Å². The smallest absolute Gasteiger partial charge is 0.238 e. The number of nitrogens with one attached hydrogen (secondary N) is 1. The number of nitrogens with zero attached hydrogens (tertiary/aromatic N) is 6. The molecule has 1 N–H and O–H groups in total. The summed E-state index contributed by atoms with van der Waals surface area (Å²) >= 11 is 1.57. The molecule has 10 heteroatoms.